The molecule has 1 rings (SSSR count). The predicted octanol–water partition coefficient (Wildman–Crippen LogP) is 0.460. The second-order valence-electron chi connectivity index (χ2n) is 3.18. The van der Waals surface area contributed by atoms with Crippen molar-refractivity contribution >= 4 is 11.8 Å². The van der Waals surface area contributed by atoms with Gasteiger partial charge in [-0.3, -0.25) is 0 Å². The highest BCUT2D eigenvalue weighted by atomic mass is 16.5. The normalized spacial score (nSPS) is 10.2. The molecule has 0 aliphatic rings. The Morgan fingerprint density at radius 3 is 2.73 bits per heavy atom. The number of nitrogens with zero attached hydrogens (tertiary/aromatic N) is 3. The van der Waals surface area contributed by atoms with Crippen molar-refractivity contribution in [2.75, 3.05) is 26.6 Å². The van der Waals surface area contributed by atoms with Gasteiger partial charge in [0.2, 0.25) is 0 Å². The molecule has 1 heterocycles. The van der Waals surface area contributed by atoms with Gasteiger partial charge in [0.05, 0.1) is 7.11 Å². The fourth-order valence-electron chi connectivity index (χ4n) is 1.03. The summed E-state index contributed by atoms with van der Waals surface area (Å²) in [7, 11) is 4.93. The Morgan fingerprint density at radius 2 is 2.20 bits per heavy atom. The van der Waals surface area contributed by atoms with E-state index in [1.807, 2.05) is 0 Å². The third-order valence-corrected chi connectivity index (χ3v) is 1.64. The minimum absolute atomic E-state index is 0.316. The van der Waals surface area contributed by atoms with Crippen LogP contribution < -0.4 is 5.43 Å². The predicted molar refractivity (Wildman–Crippen MR) is 55.4 cm³/mol. The first-order valence-electron chi connectivity index (χ1n) is 4.40. The fraction of sp³-hybridized carbons (Fsp3) is 0.444. The van der Waals surface area contributed by atoms with E-state index in [-0.39, 0.29) is 0 Å². The summed E-state index contributed by atoms with van der Waals surface area (Å²) in [6, 6.07) is 0. The van der Waals surface area contributed by atoms with Crippen molar-refractivity contribution < 1.29 is 9.53 Å². The summed E-state index contributed by atoms with van der Waals surface area (Å²) in [5.41, 5.74) is 3.23. The number of hydrazine groups is 1. The van der Waals surface area contributed by atoms with Crippen molar-refractivity contribution in [3.8, 4) is 0 Å². The summed E-state index contributed by atoms with van der Waals surface area (Å²) >= 11 is 0. The van der Waals surface area contributed by atoms with E-state index < -0.39 is 5.97 Å². The molecule has 0 aliphatic heterocycles. The van der Waals surface area contributed by atoms with Crippen LogP contribution in [0.2, 0.25) is 0 Å². The molecule has 0 bridgehead atoms. The van der Waals surface area contributed by atoms with Crippen LogP contribution in [-0.2, 0) is 4.74 Å². The molecule has 1 aromatic heterocycles. The first kappa shape index (κ1) is 11.4. The van der Waals surface area contributed by atoms with Crippen molar-refractivity contribution in [2.45, 2.75) is 6.92 Å². The van der Waals surface area contributed by atoms with E-state index in [1.54, 1.807) is 26.0 Å². The number of hydrogen-bond donors (Lipinski definition) is 1. The molecule has 15 heavy (non-hydrogen) atoms. The van der Waals surface area contributed by atoms with E-state index in [4.69, 9.17) is 0 Å². The number of nitrogens with one attached hydrogen (secondary N) is 1. The minimum atomic E-state index is -0.459. The van der Waals surface area contributed by atoms with Crippen molar-refractivity contribution in [2.24, 2.45) is 0 Å². The zero-order valence-electron chi connectivity index (χ0n) is 9.24. The van der Waals surface area contributed by atoms with Crippen molar-refractivity contribution in [1.82, 2.24) is 15.0 Å². The van der Waals surface area contributed by atoms with Crippen LogP contribution in [0.4, 0.5) is 5.82 Å². The van der Waals surface area contributed by atoms with E-state index in [0.29, 0.717) is 17.2 Å². The number of ether oxygens (including phenoxy) is 1. The quantitative estimate of drug-likeness (QED) is 0.577. The van der Waals surface area contributed by atoms with Gasteiger partial charge in [-0.1, -0.05) is 0 Å². The largest absolute Gasteiger partial charge is 0.465 e. The van der Waals surface area contributed by atoms with Crippen LogP contribution in [0, 0.1) is 6.92 Å². The summed E-state index contributed by atoms with van der Waals surface area (Å²) in [4.78, 5) is 19.4. The number of carbonyl (C=O) groups is 1. The summed E-state index contributed by atoms with van der Waals surface area (Å²) < 4.78 is 4.62. The Labute approximate surface area is 88.3 Å². The fourth-order valence-corrected chi connectivity index (χ4v) is 1.03. The summed E-state index contributed by atoms with van der Waals surface area (Å²) in [6.45, 7) is 1.75. The molecule has 1 aromatic rings. The maximum absolute atomic E-state index is 11.4. The molecule has 1 N–H and O–H groups in total. The van der Waals surface area contributed by atoms with Crippen LogP contribution in [0.25, 0.3) is 0 Å². The number of hydrogen-bond acceptors (Lipinski definition) is 6. The number of rotatable bonds is 3. The Balaban J connectivity index is 3.08. The molecule has 0 spiro atoms. The Bertz CT molecular complexity index is 365. The van der Waals surface area contributed by atoms with E-state index in [0.717, 1.165) is 0 Å². The maximum atomic E-state index is 11.4. The average Bonchev–Trinajstić information content (AvgIpc) is 2.16. The number of aromatic nitrogens is 2. The molecule has 0 fully saturated rings. The molecule has 0 saturated heterocycles. The van der Waals surface area contributed by atoms with Crippen molar-refractivity contribution in [1.29, 1.82) is 0 Å². The van der Waals surface area contributed by atoms with Gasteiger partial charge in [0, 0.05) is 20.3 Å². The lowest BCUT2D eigenvalue weighted by Gasteiger charge is -2.14. The van der Waals surface area contributed by atoms with Gasteiger partial charge in [0.1, 0.15) is 11.4 Å². The topological polar surface area (TPSA) is 67.3 Å². The summed E-state index contributed by atoms with van der Waals surface area (Å²) in [6.07, 6.45) is 1.44. The highest BCUT2D eigenvalue weighted by molar-refractivity contribution is 5.94. The van der Waals surface area contributed by atoms with Crippen LogP contribution in [0.1, 0.15) is 16.2 Å². The second-order valence-corrected chi connectivity index (χ2v) is 3.18. The molecule has 0 radical (unpaired) electrons. The summed E-state index contributed by atoms with van der Waals surface area (Å²) in [5, 5.41) is 1.69. The third-order valence-electron chi connectivity index (χ3n) is 1.64. The molecule has 6 nitrogen and oxygen atoms in total. The lowest BCUT2D eigenvalue weighted by molar-refractivity contribution is 0.0600. The van der Waals surface area contributed by atoms with Crippen molar-refractivity contribution in [3.63, 3.8) is 0 Å². The van der Waals surface area contributed by atoms with Gasteiger partial charge in [0.25, 0.3) is 0 Å². The van der Waals surface area contributed by atoms with E-state index in [9.17, 15) is 4.79 Å². The molecule has 6 heteroatoms. The number of methoxy groups -OCH3 is 1. The molecule has 0 aromatic carbocycles. The van der Waals surface area contributed by atoms with Crippen molar-refractivity contribution in [3.05, 3.63) is 17.6 Å². The zero-order chi connectivity index (χ0) is 11.4. The molecule has 82 valence electrons. The first-order valence-corrected chi connectivity index (χ1v) is 4.40. The maximum Gasteiger partial charge on any atom is 0.343 e. The first-order chi connectivity index (χ1) is 7.04. The third kappa shape index (κ3) is 2.88. The molecular formula is C9H14N4O2. The van der Waals surface area contributed by atoms with Crippen LogP contribution in [0.5, 0.6) is 0 Å². The smallest absolute Gasteiger partial charge is 0.343 e. The van der Waals surface area contributed by atoms with Gasteiger partial charge in [-0.15, -0.1) is 0 Å². The van der Waals surface area contributed by atoms with Gasteiger partial charge in [0.15, 0.2) is 5.82 Å². The molecule has 0 amide bonds. The van der Waals surface area contributed by atoms with Gasteiger partial charge >= 0.3 is 5.97 Å². The highest BCUT2D eigenvalue weighted by Crippen LogP contribution is 2.12. The van der Waals surface area contributed by atoms with Crippen LogP contribution in [0.15, 0.2) is 6.20 Å². The number of esters is 1. The zero-order valence-corrected chi connectivity index (χ0v) is 9.24. The van der Waals surface area contributed by atoms with Gasteiger partial charge in [-0.2, -0.15) is 0 Å². The van der Waals surface area contributed by atoms with Crippen LogP contribution >= 0.6 is 0 Å². The number of anilines is 1. The van der Waals surface area contributed by atoms with Gasteiger partial charge in [-0.25, -0.2) is 19.8 Å². The lowest BCUT2D eigenvalue weighted by Crippen LogP contribution is -2.23. The Hall–Kier alpha value is -1.69. The molecule has 0 saturated carbocycles. The number of carbonyl (C=O) groups excluding carboxylic acids is 1. The molecular weight excluding hydrogens is 196 g/mol. The summed E-state index contributed by atoms with van der Waals surface area (Å²) in [5.74, 6) is 0.575. The SMILES string of the molecule is COC(=O)c1cnc(C)nc1NN(C)C. The minimum Gasteiger partial charge on any atom is -0.465 e. The monoisotopic (exact) mass is 210 g/mol. The molecule has 0 unspecified atom stereocenters. The standard InChI is InChI=1S/C9H14N4O2/c1-6-10-5-7(9(14)15-4)8(11-6)12-13(2)3/h5H,1-4H3,(H,10,11,12). The van der Waals surface area contributed by atoms with Gasteiger partial charge in [-0.05, 0) is 6.92 Å². The van der Waals surface area contributed by atoms with Crippen LogP contribution in [-0.4, -0.2) is 42.2 Å². The number of aryl methyl sites for hydroxylation is 1. The van der Waals surface area contributed by atoms with E-state index in [1.165, 1.54) is 13.3 Å². The van der Waals surface area contributed by atoms with E-state index in [2.05, 4.69) is 20.1 Å². The Kier molecular flexibility index (Phi) is 3.56. The highest BCUT2D eigenvalue weighted by Gasteiger charge is 2.14. The second kappa shape index (κ2) is 4.70. The van der Waals surface area contributed by atoms with Gasteiger partial charge < -0.3 is 10.2 Å². The van der Waals surface area contributed by atoms with Crippen LogP contribution in [0.3, 0.4) is 0 Å². The molecule has 0 atom stereocenters. The average molecular weight is 210 g/mol. The Morgan fingerprint density at radius 1 is 1.53 bits per heavy atom. The molecule has 0 aliphatic carbocycles. The van der Waals surface area contributed by atoms with E-state index >= 15 is 0 Å². The lowest BCUT2D eigenvalue weighted by atomic mass is 10.3.